The van der Waals surface area contributed by atoms with Crippen molar-refractivity contribution in [3.05, 3.63) is 69.6 Å². The third-order valence-electron chi connectivity index (χ3n) is 4.57. The highest BCUT2D eigenvalue weighted by molar-refractivity contribution is 6.33. The van der Waals surface area contributed by atoms with Crippen LogP contribution in [0.2, 0.25) is 5.15 Å². The van der Waals surface area contributed by atoms with Crippen molar-refractivity contribution in [3.63, 3.8) is 0 Å². The predicted octanol–water partition coefficient (Wildman–Crippen LogP) is 2.49. The van der Waals surface area contributed by atoms with E-state index in [2.05, 4.69) is 15.5 Å². The molecule has 0 saturated heterocycles. The van der Waals surface area contributed by atoms with Crippen molar-refractivity contribution < 1.29 is 9.59 Å². The third kappa shape index (κ3) is 2.96. The summed E-state index contributed by atoms with van der Waals surface area (Å²) in [5.41, 5.74) is 12.7. The van der Waals surface area contributed by atoms with Crippen LogP contribution in [0.1, 0.15) is 37.7 Å². The van der Waals surface area contributed by atoms with Crippen molar-refractivity contribution in [2.45, 2.75) is 19.8 Å². The number of hydrogen-bond acceptors (Lipinski definition) is 4. The minimum absolute atomic E-state index is 0.101. The molecule has 3 N–H and O–H groups in total. The molecule has 1 aromatic carbocycles. The highest BCUT2D eigenvalue weighted by atomic mass is 35.5. The van der Waals surface area contributed by atoms with Gasteiger partial charge in [0, 0.05) is 16.8 Å². The molecule has 3 aromatic rings. The number of carbonyl (C=O) groups is 2. The average Bonchev–Trinajstić information content (AvgIpc) is 3.01. The molecule has 0 unspecified atom stereocenters. The van der Waals surface area contributed by atoms with E-state index >= 15 is 0 Å². The molecule has 8 heteroatoms. The lowest BCUT2D eigenvalue weighted by Gasteiger charge is -2.18. The van der Waals surface area contributed by atoms with Crippen LogP contribution in [-0.4, -0.2) is 26.7 Å². The number of aryl methyl sites for hydroxylation is 2. The van der Waals surface area contributed by atoms with E-state index in [-0.39, 0.29) is 16.4 Å². The Kier molecular flexibility index (Phi) is 4.16. The minimum atomic E-state index is -0.631. The number of fused-ring (bicyclic) bond motifs is 3. The van der Waals surface area contributed by atoms with Gasteiger partial charge in [-0.2, -0.15) is 4.79 Å². The maximum absolute atomic E-state index is 12.7. The standard InChI is InChI=1S/C19H16ClN5O2/c1-10-6-8-14(17(20)22-10)19(27)24-25-16-12-5-3-2-4-11(12)7-9-13(16)15(23-25)18(21)26/h2-6,8H,7,9H2,1H3,(H2,21,26)(H,24,27). The van der Waals surface area contributed by atoms with E-state index in [9.17, 15) is 9.59 Å². The first-order valence-electron chi connectivity index (χ1n) is 8.40. The Balaban J connectivity index is 1.80. The fourth-order valence-electron chi connectivity index (χ4n) is 3.32. The number of nitrogens with two attached hydrogens (primary N) is 1. The first-order chi connectivity index (χ1) is 13.0. The van der Waals surface area contributed by atoms with E-state index < -0.39 is 11.8 Å². The molecular weight excluding hydrogens is 366 g/mol. The van der Waals surface area contributed by atoms with E-state index in [1.54, 1.807) is 19.1 Å². The number of amides is 2. The molecule has 2 aromatic heterocycles. The van der Waals surface area contributed by atoms with Gasteiger partial charge in [-0.3, -0.25) is 9.59 Å². The van der Waals surface area contributed by atoms with Crippen LogP contribution >= 0.6 is 11.6 Å². The van der Waals surface area contributed by atoms with Gasteiger partial charge in [0.15, 0.2) is 5.69 Å². The number of nitrogens with zero attached hydrogens (tertiary/aromatic N) is 3. The largest absolute Gasteiger partial charge is 0.364 e. The second kappa shape index (κ2) is 6.51. The second-order valence-corrected chi connectivity index (χ2v) is 6.70. The molecule has 0 fully saturated rings. The Hall–Kier alpha value is -3.19. The molecule has 7 nitrogen and oxygen atoms in total. The van der Waals surface area contributed by atoms with Gasteiger partial charge in [-0.1, -0.05) is 35.9 Å². The lowest BCUT2D eigenvalue weighted by atomic mass is 9.89. The van der Waals surface area contributed by atoms with Crippen LogP contribution in [0.25, 0.3) is 11.3 Å². The topological polar surface area (TPSA) is 103 Å². The van der Waals surface area contributed by atoms with Gasteiger partial charge in [-0.05, 0) is 37.5 Å². The lowest BCUT2D eigenvalue weighted by molar-refractivity contribution is 0.0983. The van der Waals surface area contributed by atoms with Crippen molar-refractivity contribution >= 4 is 23.4 Å². The highest BCUT2D eigenvalue weighted by Gasteiger charge is 2.28. The number of halogens is 1. The quantitative estimate of drug-likeness (QED) is 0.680. The van der Waals surface area contributed by atoms with Gasteiger partial charge in [0.05, 0.1) is 11.3 Å². The molecule has 2 heterocycles. The number of benzene rings is 1. The van der Waals surface area contributed by atoms with Crippen LogP contribution in [0.15, 0.2) is 36.4 Å². The number of nitrogens with one attached hydrogen (secondary N) is 1. The van der Waals surface area contributed by atoms with Gasteiger partial charge in [0.1, 0.15) is 5.15 Å². The Labute approximate surface area is 160 Å². The Morgan fingerprint density at radius 1 is 1.19 bits per heavy atom. The van der Waals surface area contributed by atoms with Gasteiger partial charge >= 0.3 is 0 Å². The molecule has 4 rings (SSSR count). The molecule has 0 aliphatic heterocycles. The van der Waals surface area contributed by atoms with Gasteiger partial charge < -0.3 is 5.73 Å². The van der Waals surface area contributed by atoms with E-state index in [1.807, 2.05) is 24.3 Å². The number of pyridine rings is 1. The SMILES string of the molecule is Cc1ccc(C(=O)Nn2nc(C(N)=O)c3c2-c2ccccc2CC3)c(Cl)n1. The fraction of sp³-hybridized carbons (Fsp3) is 0.158. The molecule has 0 radical (unpaired) electrons. The Bertz CT molecular complexity index is 1090. The van der Waals surface area contributed by atoms with Crippen molar-refractivity contribution in [3.8, 4) is 11.3 Å². The average molecular weight is 382 g/mol. The van der Waals surface area contributed by atoms with Crippen LogP contribution in [0.3, 0.4) is 0 Å². The van der Waals surface area contributed by atoms with Crippen LogP contribution in [0, 0.1) is 6.92 Å². The molecule has 1 aliphatic carbocycles. The van der Waals surface area contributed by atoms with Gasteiger partial charge in [0.2, 0.25) is 0 Å². The van der Waals surface area contributed by atoms with Crippen LogP contribution in [-0.2, 0) is 12.8 Å². The summed E-state index contributed by atoms with van der Waals surface area (Å²) in [5.74, 6) is -1.11. The van der Waals surface area contributed by atoms with Crippen molar-refractivity contribution in [1.82, 2.24) is 14.9 Å². The summed E-state index contributed by atoms with van der Waals surface area (Å²) in [6.45, 7) is 1.79. The summed E-state index contributed by atoms with van der Waals surface area (Å²) in [5, 5.41) is 4.35. The number of aromatic nitrogens is 3. The summed E-state index contributed by atoms with van der Waals surface area (Å²) in [6.07, 6.45) is 1.39. The maximum Gasteiger partial charge on any atom is 0.274 e. The third-order valence-corrected chi connectivity index (χ3v) is 4.86. The van der Waals surface area contributed by atoms with Crippen molar-refractivity contribution in [1.29, 1.82) is 0 Å². The molecule has 27 heavy (non-hydrogen) atoms. The molecule has 2 amide bonds. The van der Waals surface area contributed by atoms with E-state index in [4.69, 9.17) is 17.3 Å². The summed E-state index contributed by atoms with van der Waals surface area (Å²) >= 11 is 6.10. The zero-order valence-electron chi connectivity index (χ0n) is 14.5. The van der Waals surface area contributed by atoms with Crippen molar-refractivity contribution in [2.75, 3.05) is 5.43 Å². The zero-order chi connectivity index (χ0) is 19.1. The Morgan fingerprint density at radius 2 is 1.96 bits per heavy atom. The summed E-state index contributed by atoms with van der Waals surface area (Å²) in [7, 11) is 0. The first kappa shape index (κ1) is 17.2. The van der Waals surface area contributed by atoms with Crippen molar-refractivity contribution in [2.24, 2.45) is 5.73 Å². The smallest absolute Gasteiger partial charge is 0.274 e. The molecule has 0 bridgehead atoms. The van der Waals surface area contributed by atoms with Gasteiger partial charge in [-0.15, -0.1) is 5.10 Å². The molecule has 0 saturated carbocycles. The molecule has 1 aliphatic rings. The Morgan fingerprint density at radius 3 is 2.70 bits per heavy atom. The van der Waals surface area contributed by atoms with Gasteiger partial charge in [0.25, 0.3) is 11.8 Å². The molecule has 0 spiro atoms. The number of carbonyl (C=O) groups excluding carboxylic acids is 2. The normalized spacial score (nSPS) is 12.2. The van der Waals surface area contributed by atoms with Crippen LogP contribution in [0.4, 0.5) is 0 Å². The number of rotatable bonds is 3. The summed E-state index contributed by atoms with van der Waals surface area (Å²) in [4.78, 5) is 30.0. The first-order valence-corrected chi connectivity index (χ1v) is 8.78. The summed E-state index contributed by atoms with van der Waals surface area (Å²) in [6, 6.07) is 11.1. The number of primary amides is 1. The van der Waals surface area contributed by atoms with Gasteiger partial charge in [-0.25, -0.2) is 10.4 Å². The van der Waals surface area contributed by atoms with Crippen LogP contribution in [0.5, 0.6) is 0 Å². The molecular formula is C19H16ClN5O2. The second-order valence-electron chi connectivity index (χ2n) is 6.34. The van der Waals surface area contributed by atoms with E-state index in [0.29, 0.717) is 17.8 Å². The number of hydrogen-bond donors (Lipinski definition) is 2. The predicted molar refractivity (Wildman–Crippen MR) is 101 cm³/mol. The van der Waals surface area contributed by atoms with E-state index in [1.165, 1.54) is 4.79 Å². The monoisotopic (exact) mass is 381 g/mol. The highest BCUT2D eigenvalue weighted by Crippen LogP contribution is 2.34. The molecule has 0 atom stereocenters. The zero-order valence-corrected chi connectivity index (χ0v) is 15.2. The molecule has 136 valence electrons. The lowest BCUT2D eigenvalue weighted by Crippen LogP contribution is -2.26. The fourth-order valence-corrected chi connectivity index (χ4v) is 3.60. The minimum Gasteiger partial charge on any atom is -0.364 e. The summed E-state index contributed by atoms with van der Waals surface area (Å²) < 4.78 is 0. The maximum atomic E-state index is 12.7. The van der Waals surface area contributed by atoms with Crippen LogP contribution < -0.4 is 11.2 Å². The van der Waals surface area contributed by atoms with E-state index in [0.717, 1.165) is 23.1 Å².